The second-order valence-electron chi connectivity index (χ2n) is 15.1. The number of aliphatic hydroxyl groups excluding tert-OH is 7. The van der Waals surface area contributed by atoms with Gasteiger partial charge in [0.15, 0.2) is 6.29 Å². The molecule has 0 spiro atoms. The van der Waals surface area contributed by atoms with Crippen LogP contribution < -0.4 is 5.32 Å². The van der Waals surface area contributed by atoms with E-state index in [1.54, 1.807) is 0 Å². The van der Waals surface area contributed by atoms with E-state index < -0.39 is 74.2 Å². The molecule has 9 unspecified atom stereocenters. The van der Waals surface area contributed by atoms with Gasteiger partial charge in [0.25, 0.3) is 0 Å². The summed E-state index contributed by atoms with van der Waals surface area (Å²) in [7, 11) is 0. The van der Waals surface area contributed by atoms with Crippen LogP contribution in [0.4, 0.5) is 0 Å². The van der Waals surface area contributed by atoms with Gasteiger partial charge in [-0.25, -0.2) is 0 Å². The van der Waals surface area contributed by atoms with E-state index in [0.29, 0.717) is 12.8 Å². The van der Waals surface area contributed by atoms with Crippen molar-refractivity contribution in [2.24, 2.45) is 0 Å². The Morgan fingerprint density at radius 1 is 0.648 bits per heavy atom. The summed E-state index contributed by atoms with van der Waals surface area (Å²) < 4.78 is 11.0. The van der Waals surface area contributed by atoms with Crippen LogP contribution >= 0.6 is 0 Å². The molecule has 0 saturated carbocycles. The molecule has 8 N–H and O–H groups in total. The number of aliphatic hydroxyl groups is 7. The van der Waals surface area contributed by atoms with Crippen LogP contribution in [0.15, 0.2) is 36.5 Å². The van der Waals surface area contributed by atoms with Crippen LogP contribution in [0.3, 0.4) is 0 Å². The first-order valence-corrected chi connectivity index (χ1v) is 21.4. The van der Waals surface area contributed by atoms with Crippen molar-refractivity contribution in [1.82, 2.24) is 5.32 Å². The molecule has 1 aliphatic heterocycles. The van der Waals surface area contributed by atoms with E-state index in [2.05, 4.69) is 55.6 Å². The number of hydrogen-bond donors (Lipinski definition) is 8. The van der Waals surface area contributed by atoms with Crippen molar-refractivity contribution in [2.45, 2.75) is 217 Å². The lowest BCUT2D eigenvalue weighted by Gasteiger charge is -2.40. The zero-order valence-electron chi connectivity index (χ0n) is 33.7. The van der Waals surface area contributed by atoms with Crippen LogP contribution in [0.1, 0.15) is 162 Å². The van der Waals surface area contributed by atoms with Gasteiger partial charge in [0.2, 0.25) is 5.91 Å². The summed E-state index contributed by atoms with van der Waals surface area (Å²) in [5, 5.41) is 75.4. The van der Waals surface area contributed by atoms with Gasteiger partial charge in [0.1, 0.15) is 36.6 Å². The van der Waals surface area contributed by atoms with E-state index >= 15 is 0 Å². The molecule has 0 aromatic carbocycles. The van der Waals surface area contributed by atoms with E-state index in [-0.39, 0.29) is 12.8 Å². The Morgan fingerprint density at radius 2 is 1.15 bits per heavy atom. The highest BCUT2D eigenvalue weighted by atomic mass is 16.7. The number of carbonyl (C=O) groups excluding carboxylic acids is 1. The first-order valence-electron chi connectivity index (χ1n) is 21.4. The van der Waals surface area contributed by atoms with E-state index in [9.17, 15) is 40.5 Å². The van der Waals surface area contributed by atoms with Crippen LogP contribution in [0.25, 0.3) is 0 Å². The third-order valence-corrected chi connectivity index (χ3v) is 10.2. The number of ether oxygens (including phenoxy) is 2. The lowest BCUT2D eigenvalue weighted by atomic mass is 9.98. The van der Waals surface area contributed by atoms with Gasteiger partial charge in [-0.15, -0.1) is 0 Å². The molecular formula is C43H79NO10. The topological polar surface area (TPSA) is 189 Å². The van der Waals surface area contributed by atoms with Gasteiger partial charge in [-0.05, 0) is 64.2 Å². The standard InChI is InChI=1S/C43H79NO10/c1-3-5-7-9-11-13-15-17-19-21-23-25-27-29-31-36(47)42(52)44-34(33-53-43-41(51)40(50)39(49)37(32-45)54-43)38(48)35(46)30-28-26-24-22-20-18-16-14-12-10-8-6-4-2/h11,13,15,17,22,24,34-41,43,45-51H,3-10,12,14,16,18-21,23,25-33H2,1-2H3,(H,44,52)/b13-11-,17-15-,24-22+. The summed E-state index contributed by atoms with van der Waals surface area (Å²) in [6, 6.07) is -1.19. The lowest BCUT2D eigenvalue weighted by molar-refractivity contribution is -0.303. The van der Waals surface area contributed by atoms with Crippen molar-refractivity contribution in [3.8, 4) is 0 Å². The molecule has 1 heterocycles. The van der Waals surface area contributed by atoms with Crippen molar-refractivity contribution in [2.75, 3.05) is 13.2 Å². The molecule has 1 fully saturated rings. The first kappa shape index (κ1) is 50.3. The Bertz CT molecular complexity index is 976. The molecule has 9 atom stereocenters. The van der Waals surface area contributed by atoms with Crippen LogP contribution in [0.2, 0.25) is 0 Å². The molecule has 0 aromatic rings. The Morgan fingerprint density at radius 3 is 1.74 bits per heavy atom. The second kappa shape index (κ2) is 33.5. The highest BCUT2D eigenvalue weighted by Gasteiger charge is 2.44. The van der Waals surface area contributed by atoms with Crippen LogP contribution in [-0.4, -0.2) is 110 Å². The summed E-state index contributed by atoms with van der Waals surface area (Å²) >= 11 is 0. The number of nitrogens with one attached hydrogen (secondary N) is 1. The Kier molecular flexibility index (Phi) is 31.2. The van der Waals surface area contributed by atoms with Crippen LogP contribution in [0, 0.1) is 0 Å². The van der Waals surface area contributed by atoms with Crippen molar-refractivity contribution in [3.05, 3.63) is 36.5 Å². The van der Waals surface area contributed by atoms with Crippen molar-refractivity contribution in [3.63, 3.8) is 0 Å². The number of rotatable bonds is 34. The van der Waals surface area contributed by atoms with Gasteiger partial charge in [0, 0.05) is 0 Å². The maximum Gasteiger partial charge on any atom is 0.249 e. The Labute approximate surface area is 326 Å². The van der Waals surface area contributed by atoms with Crippen LogP contribution in [0.5, 0.6) is 0 Å². The zero-order chi connectivity index (χ0) is 39.8. The monoisotopic (exact) mass is 770 g/mol. The average molecular weight is 770 g/mol. The minimum atomic E-state index is -1.67. The van der Waals surface area contributed by atoms with E-state index in [1.807, 2.05) is 0 Å². The summed E-state index contributed by atoms with van der Waals surface area (Å²) in [6.07, 6.45) is 24.8. The van der Waals surface area contributed by atoms with Crippen molar-refractivity contribution < 1.29 is 50.0 Å². The summed E-state index contributed by atoms with van der Waals surface area (Å²) in [6.45, 7) is 3.35. The molecule has 1 amide bonds. The Hall–Kier alpha value is -1.67. The smallest absolute Gasteiger partial charge is 0.249 e. The predicted molar refractivity (Wildman–Crippen MR) is 215 cm³/mol. The largest absolute Gasteiger partial charge is 0.394 e. The maximum atomic E-state index is 13.0. The SMILES string of the molecule is CCCCC/C=C\C=C/CCCCCCCC(O)C(=O)NC(COC1OC(CO)C(O)C(O)C1O)C(O)C(O)CCC/C=C/CCCCCCCCCC. The predicted octanol–water partition coefficient (Wildman–Crippen LogP) is 6.05. The second-order valence-corrected chi connectivity index (χ2v) is 15.1. The summed E-state index contributed by atoms with van der Waals surface area (Å²) in [5.41, 5.74) is 0. The molecule has 0 aliphatic carbocycles. The van der Waals surface area contributed by atoms with E-state index in [4.69, 9.17) is 9.47 Å². The van der Waals surface area contributed by atoms with Gasteiger partial charge < -0.3 is 50.5 Å². The minimum absolute atomic E-state index is 0.235. The number of unbranched alkanes of at least 4 members (excludes halogenated alkanes) is 17. The lowest BCUT2D eigenvalue weighted by Crippen LogP contribution is -2.60. The molecule has 1 rings (SSSR count). The molecule has 1 aliphatic rings. The molecule has 0 radical (unpaired) electrons. The van der Waals surface area contributed by atoms with E-state index in [0.717, 1.165) is 57.8 Å². The fraction of sp³-hybridized carbons (Fsp3) is 0.837. The minimum Gasteiger partial charge on any atom is -0.394 e. The molecule has 0 aromatic heterocycles. The summed E-state index contributed by atoms with van der Waals surface area (Å²) in [4.78, 5) is 13.0. The zero-order valence-corrected chi connectivity index (χ0v) is 33.7. The van der Waals surface area contributed by atoms with Crippen molar-refractivity contribution >= 4 is 5.91 Å². The Balaban J connectivity index is 2.55. The third-order valence-electron chi connectivity index (χ3n) is 10.2. The van der Waals surface area contributed by atoms with Gasteiger partial charge >= 0.3 is 0 Å². The molecule has 11 nitrogen and oxygen atoms in total. The van der Waals surface area contributed by atoms with Crippen molar-refractivity contribution in [1.29, 1.82) is 0 Å². The van der Waals surface area contributed by atoms with Gasteiger partial charge in [0.05, 0.1) is 25.4 Å². The molecule has 1 saturated heterocycles. The van der Waals surface area contributed by atoms with Gasteiger partial charge in [-0.2, -0.15) is 0 Å². The fourth-order valence-electron chi connectivity index (χ4n) is 6.55. The molecule has 11 heteroatoms. The molecule has 0 bridgehead atoms. The van der Waals surface area contributed by atoms with Gasteiger partial charge in [-0.1, -0.05) is 134 Å². The molecule has 316 valence electrons. The van der Waals surface area contributed by atoms with Crippen LogP contribution in [-0.2, 0) is 14.3 Å². The first-order chi connectivity index (χ1) is 26.2. The summed E-state index contributed by atoms with van der Waals surface area (Å²) in [5.74, 6) is -0.722. The normalized spacial score (nSPS) is 23.0. The third kappa shape index (κ3) is 23.4. The number of hydrogen-bond acceptors (Lipinski definition) is 10. The quantitative estimate of drug-likeness (QED) is 0.0217. The fourth-order valence-corrected chi connectivity index (χ4v) is 6.55. The molecule has 54 heavy (non-hydrogen) atoms. The maximum absolute atomic E-state index is 13.0. The number of carbonyl (C=O) groups is 1. The molecular weight excluding hydrogens is 690 g/mol. The number of allylic oxidation sites excluding steroid dienone is 6. The highest BCUT2D eigenvalue weighted by Crippen LogP contribution is 2.23. The van der Waals surface area contributed by atoms with E-state index in [1.165, 1.54) is 64.2 Å². The highest BCUT2D eigenvalue weighted by molar-refractivity contribution is 5.80. The average Bonchev–Trinajstić information content (AvgIpc) is 3.17. The number of amides is 1. The van der Waals surface area contributed by atoms with Gasteiger partial charge in [-0.3, -0.25) is 4.79 Å².